The minimum absolute atomic E-state index is 0.00879. The third-order valence-electron chi connectivity index (χ3n) is 5.69. The van der Waals surface area contributed by atoms with Gasteiger partial charge < -0.3 is 14.0 Å². The summed E-state index contributed by atoms with van der Waals surface area (Å²) in [5.74, 6) is 0.797. The van der Waals surface area contributed by atoms with Gasteiger partial charge in [0, 0.05) is 18.9 Å². The Bertz CT molecular complexity index is 1380. The van der Waals surface area contributed by atoms with Crippen molar-refractivity contribution in [2.24, 2.45) is 0 Å². The van der Waals surface area contributed by atoms with Crippen molar-refractivity contribution in [1.82, 2.24) is 24.1 Å². The smallest absolute Gasteiger partial charge is 0.334 e. The Hall–Kier alpha value is -4.12. The fourth-order valence-corrected chi connectivity index (χ4v) is 4.05. The SMILES string of the molecule is O=c1c([N+](=O)[O-])cccn1Cc1nc2c(OCc3ccccc3)ncnc2n1C1CCCCO1. The number of hydrogen-bond donors (Lipinski definition) is 0. The highest BCUT2D eigenvalue weighted by molar-refractivity contribution is 5.77. The molecular formula is C23H22N6O5. The molecule has 174 valence electrons. The van der Waals surface area contributed by atoms with E-state index < -0.39 is 16.2 Å². The van der Waals surface area contributed by atoms with E-state index in [-0.39, 0.29) is 12.8 Å². The Labute approximate surface area is 193 Å². The van der Waals surface area contributed by atoms with E-state index in [1.54, 1.807) is 0 Å². The highest BCUT2D eigenvalue weighted by Crippen LogP contribution is 2.31. The molecule has 1 unspecified atom stereocenters. The van der Waals surface area contributed by atoms with Crippen molar-refractivity contribution >= 4 is 16.9 Å². The molecule has 1 atom stereocenters. The highest BCUT2D eigenvalue weighted by atomic mass is 16.6. The molecule has 0 spiro atoms. The summed E-state index contributed by atoms with van der Waals surface area (Å²) < 4.78 is 15.1. The largest absolute Gasteiger partial charge is 0.471 e. The van der Waals surface area contributed by atoms with Gasteiger partial charge in [-0.3, -0.25) is 19.5 Å². The summed E-state index contributed by atoms with van der Waals surface area (Å²) in [6.07, 6.45) is 5.28. The summed E-state index contributed by atoms with van der Waals surface area (Å²) in [5, 5.41) is 11.2. The van der Waals surface area contributed by atoms with Crippen LogP contribution in [-0.4, -0.2) is 35.6 Å². The minimum Gasteiger partial charge on any atom is -0.471 e. The molecule has 34 heavy (non-hydrogen) atoms. The normalized spacial score (nSPS) is 15.9. The lowest BCUT2D eigenvalue weighted by molar-refractivity contribution is -0.386. The molecule has 4 heterocycles. The second-order valence-corrected chi connectivity index (χ2v) is 7.93. The quantitative estimate of drug-likeness (QED) is 0.303. The fourth-order valence-electron chi connectivity index (χ4n) is 4.05. The number of ether oxygens (including phenoxy) is 2. The molecule has 11 heteroatoms. The van der Waals surface area contributed by atoms with Crippen molar-refractivity contribution < 1.29 is 14.4 Å². The third-order valence-corrected chi connectivity index (χ3v) is 5.69. The van der Waals surface area contributed by atoms with Gasteiger partial charge in [0.1, 0.15) is 25.0 Å². The van der Waals surface area contributed by atoms with E-state index in [0.29, 0.717) is 36.1 Å². The predicted molar refractivity (Wildman–Crippen MR) is 121 cm³/mol. The van der Waals surface area contributed by atoms with Crippen LogP contribution in [0.15, 0.2) is 59.8 Å². The van der Waals surface area contributed by atoms with Crippen molar-refractivity contribution in [2.75, 3.05) is 6.61 Å². The molecule has 0 radical (unpaired) electrons. The van der Waals surface area contributed by atoms with Crippen molar-refractivity contribution in [3.8, 4) is 5.88 Å². The number of imidazole rings is 1. The Morgan fingerprint density at radius 3 is 2.76 bits per heavy atom. The number of aromatic nitrogens is 5. The molecule has 0 amide bonds. The average molecular weight is 462 g/mol. The number of benzene rings is 1. The van der Waals surface area contributed by atoms with Gasteiger partial charge in [-0.15, -0.1) is 0 Å². The van der Waals surface area contributed by atoms with Crippen LogP contribution in [0.25, 0.3) is 11.2 Å². The second kappa shape index (κ2) is 9.40. The van der Waals surface area contributed by atoms with Gasteiger partial charge in [-0.05, 0) is 30.9 Å². The first-order valence-corrected chi connectivity index (χ1v) is 11.0. The molecule has 11 nitrogen and oxygen atoms in total. The summed E-state index contributed by atoms with van der Waals surface area (Å²) >= 11 is 0. The molecule has 4 aromatic rings. The molecule has 1 saturated heterocycles. The zero-order chi connectivity index (χ0) is 23.5. The maximum absolute atomic E-state index is 12.6. The van der Waals surface area contributed by atoms with Gasteiger partial charge >= 0.3 is 11.2 Å². The molecule has 1 aliphatic rings. The van der Waals surface area contributed by atoms with Crippen molar-refractivity contribution in [1.29, 1.82) is 0 Å². The Balaban J connectivity index is 1.57. The van der Waals surface area contributed by atoms with Crippen LogP contribution >= 0.6 is 0 Å². The number of nitrogens with zero attached hydrogens (tertiary/aromatic N) is 6. The number of rotatable bonds is 7. The molecule has 5 rings (SSSR count). The first-order valence-electron chi connectivity index (χ1n) is 11.0. The van der Waals surface area contributed by atoms with E-state index in [2.05, 4.69) is 9.97 Å². The Morgan fingerprint density at radius 1 is 1.15 bits per heavy atom. The molecule has 0 N–H and O–H groups in total. The zero-order valence-corrected chi connectivity index (χ0v) is 18.2. The van der Waals surface area contributed by atoms with Crippen LogP contribution in [0, 0.1) is 10.1 Å². The van der Waals surface area contributed by atoms with Gasteiger partial charge in [0.15, 0.2) is 11.2 Å². The molecule has 1 aromatic carbocycles. The van der Waals surface area contributed by atoms with Crippen LogP contribution in [0.1, 0.15) is 36.9 Å². The van der Waals surface area contributed by atoms with Gasteiger partial charge in [0.2, 0.25) is 5.88 Å². The van der Waals surface area contributed by atoms with E-state index >= 15 is 0 Å². The first kappa shape index (κ1) is 21.7. The van der Waals surface area contributed by atoms with Gasteiger partial charge in [-0.2, -0.15) is 4.98 Å². The van der Waals surface area contributed by atoms with E-state index in [9.17, 15) is 14.9 Å². The molecule has 0 saturated carbocycles. The summed E-state index contributed by atoms with van der Waals surface area (Å²) in [6.45, 7) is 0.914. The monoisotopic (exact) mass is 462 g/mol. The van der Waals surface area contributed by atoms with Crippen molar-refractivity contribution in [3.63, 3.8) is 0 Å². The molecule has 0 bridgehead atoms. The Morgan fingerprint density at radius 2 is 2.00 bits per heavy atom. The number of nitro groups is 1. The molecular weight excluding hydrogens is 440 g/mol. The van der Waals surface area contributed by atoms with Crippen molar-refractivity contribution in [2.45, 2.75) is 38.6 Å². The molecule has 1 aliphatic heterocycles. The molecule has 3 aromatic heterocycles. The number of fused-ring (bicyclic) bond motifs is 1. The first-order chi connectivity index (χ1) is 16.6. The van der Waals surface area contributed by atoms with Crippen LogP contribution in [0.2, 0.25) is 0 Å². The topological polar surface area (TPSA) is 127 Å². The minimum atomic E-state index is -0.706. The summed E-state index contributed by atoms with van der Waals surface area (Å²) in [5.41, 5.74) is 0.750. The lowest BCUT2D eigenvalue weighted by Gasteiger charge is -2.25. The van der Waals surface area contributed by atoms with Crippen LogP contribution < -0.4 is 10.3 Å². The van der Waals surface area contributed by atoms with E-state index in [0.717, 1.165) is 24.8 Å². The van der Waals surface area contributed by atoms with Gasteiger partial charge in [0.05, 0.1) is 11.5 Å². The standard InChI is InChI=1S/C23H22N6O5/c30-23-17(29(31)32)9-6-11-27(23)13-18-26-20-21(28(18)19-10-4-5-12-33-19)24-15-25-22(20)34-14-16-7-2-1-3-8-16/h1-3,6-9,11,15,19H,4-5,10,12-14H2. The van der Waals surface area contributed by atoms with Gasteiger partial charge in [-0.1, -0.05) is 30.3 Å². The predicted octanol–water partition coefficient (Wildman–Crippen LogP) is 3.22. The molecule has 0 aliphatic carbocycles. The third kappa shape index (κ3) is 4.25. The number of pyridine rings is 1. The Kier molecular flexibility index (Phi) is 6.00. The summed E-state index contributed by atoms with van der Waals surface area (Å²) in [4.78, 5) is 36.6. The number of hydrogen-bond acceptors (Lipinski definition) is 8. The van der Waals surface area contributed by atoms with Crippen LogP contribution in [-0.2, 0) is 17.9 Å². The van der Waals surface area contributed by atoms with Crippen LogP contribution in [0.5, 0.6) is 5.88 Å². The maximum atomic E-state index is 12.6. The summed E-state index contributed by atoms with van der Waals surface area (Å²) in [6, 6.07) is 12.3. The van der Waals surface area contributed by atoms with E-state index in [4.69, 9.17) is 14.5 Å². The second-order valence-electron chi connectivity index (χ2n) is 7.93. The maximum Gasteiger partial charge on any atom is 0.334 e. The highest BCUT2D eigenvalue weighted by Gasteiger charge is 2.26. The van der Waals surface area contributed by atoms with Crippen LogP contribution in [0.3, 0.4) is 0 Å². The van der Waals surface area contributed by atoms with E-state index in [1.807, 2.05) is 34.9 Å². The van der Waals surface area contributed by atoms with Gasteiger partial charge in [0.25, 0.3) is 0 Å². The summed E-state index contributed by atoms with van der Waals surface area (Å²) in [7, 11) is 0. The van der Waals surface area contributed by atoms with Crippen molar-refractivity contribution in [3.05, 3.63) is 86.8 Å². The lowest BCUT2D eigenvalue weighted by Crippen LogP contribution is -2.26. The van der Waals surface area contributed by atoms with Gasteiger partial charge in [-0.25, -0.2) is 9.97 Å². The van der Waals surface area contributed by atoms with Crippen LogP contribution in [0.4, 0.5) is 5.69 Å². The van der Waals surface area contributed by atoms with E-state index in [1.165, 1.54) is 29.2 Å². The fraction of sp³-hybridized carbons (Fsp3) is 0.304. The average Bonchev–Trinajstić information content (AvgIpc) is 3.23. The zero-order valence-electron chi connectivity index (χ0n) is 18.2. The lowest BCUT2D eigenvalue weighted by atomic mass is 10.2. The molecule has 1 fully saturated rings.